The molecule has 0 bridgehead atoms. The van der Waals surface area contributed by atoms with Crippen LogP contribution in [-0.2, 0) is 0 Å². The molecule has 0 fully saturated rings. The first-order chi connectivity index (χ1) is 17.8. The van der Waals surface area contributed by atoms with E-state index in [0.717, 1.165) is 33.3 Å². The topological polar surface area (TPSA) is 73.3 Å². The molecule has 0 N–H and O–H groups in total. The molecule has 0 saturated heterocycles. The van der Waals surface area contributed by atoms with Crippen molar-refractivity contribution in [2.45, 2.75) is 0 Å². The van der Waals surface area contributed by atoms with E-state index in [1.165, 1.54) is 0 Å². The van der Waals surface area contributed by atoms with Gasteiger partial charge in [-0.3, -0.25) is 4.98 Å². The predicted octanol–water partition coefficient (Wildman–Crippen LogP) is 6.38. The SMILES string of the molecule is O=c1oc(-c2ccccc2)c(-c2cnc3ccccc3c2)c2nn3c(-c4ccccc4)ccnc3c12. The van der Waals surface area contributed by atoms with E-state index < -0.39 is 5.63 Å². The van der Waals surface area contributed by atoms with Gasteiger partial charge in [-0.2, -0.15) is 5.10 Å². The number of para-hydroxylation sites is 1. The Morgan fingerprint density at radius 1 is 0.722 bits per heavy atom. The molecule has 0 aliphatic rings. The molecule has 0 aliphatic carbocycles. The van der Waals surface area contributed by atoms with Crippen LogP contribution in [0.4, 0.5) is 0 Å². The number of nitrogens with zero attached hydrogens (tertiary/aromatic N) is 4. The van der Waals surface area contributed by atoms with Gasteiger partial charge in [0.25, 0.3) is 0 Å². The van der Waals surface area contributed by atoms with Crippen LogP contribution in [0.25, 0.3) is 61.2 Å². The molecule has 4 aromatic heterocycles. The summed E-state index contributed by atoms with van der Waals surface area (Å²) >= 11 is 0. The average molecular weight is 467 g/mol. The number of hydrogen-bond acceptors (Lipinski definition) is 5. The minimum absolute atomic E-state index is 0.343. The van der Waals surface area contributed by atoms with Crippen molar-refractivity contribution in [1.29, 1.82) is 0 Å². The maximum atomic E-state index is 13.4. The van der Waals surface area contributed by atoms with Crippen LogP contribution < -0.4 is 5.63 Å². The van der Waals surface area contributed by atoms with Crippen molar-refractivity contribution < 1.29 is 4.42 Å². The van der Waals surface area contributed by atoms with Gasteiger partial charge in [0.1, 0.15) is 16.7 Å². The second kappa shape index (κ2) is 7.99. The Bertz CT molecular complexity index is 1960. The standard InChI is InChI=1S/C30H18N4O2/c35-30-26-27(33-34-24(15-16-31-29(26)34)19-9-3-1-4-10-19)25(28(36-30)20-11-5-2-6-12-20)22-17-21-13-7-8-14-23(21)32-18-22/h1-18H. The van der Waals surface area contributed by atoms with Gasteiger partial charge < -0.3 is 4.42 Å². The maximum absolute atomic E-state index is 13.4. The van der Waals surface area contributed by atoms with Crippen molar-refractivity contribution in [3.8, 4) is 33.7 Å². The first-order valence-electron chi connectivity index (χ1n) is 11.6. The number of hydrogen-bond donors (Lipinski definition) is 0. The summed E-state index contributed by atoms with van der Waals surface area (Å²) in [6.45, 7) is 0. The second-order valence-electron chi connectivity index (χ2n) is 8.53. The van der Waals surface area contributed by atoms with Crippen LogP contribution in [0.15, 0.2) is 119 Å². The average Bonchev–Trinajstić information content (AvgIpc) is 3.34. The van der Waals surface area contributed by atoms with E-state index in [1.54, 1.807) is 16.9 Å². The molecule has 7 rings (SSSR count). The summed E-state index contributed by atoms with van der Waals surface area (Å²) in [7, 11) is 0. The molecule has 0 saturated carbocycles. The van der Waals surface area contributed by atoms with Crippen LogP contribution in [0.2, 0.25) is 0 Å². The van der Waals surface area contributed by atoms with Gasteiger partial charge in [0.2, 0.25) is 0 Å². The fourth-order valence-corrected chi connectivity index (χ4v) is 4.71. The molecule has 0 radical (unpaired) electrons. The zero-order chi connectivity index (χ0) is 24.1. The first-order valence-corrected chi connectivity index (χ1v) is 11.6. The number of benzene rings is 3. The highest BCUT2D eigenvalue weighted by Crippen LogP contribution is 2.38. The molecule has 4 heterocycles. The third-order valence-electron chi connectivity index (χ3n) is 6.37. The zero-order valence-electron chi connectivity index (χ0n) is 19.0. The third-order valence-corrected chi connectivity index (χ3v) is 6.37. The lowest BCUT2D eigenvalue weighted by molar-refractivity contribution is 0.536. The number of rotatable bonds is 3. The summed E-state index contributed by atoms with van der Waals surface area (Å²) in [5.74, 6) is 0.454. The highest BCUT2D eigenvalue weighted by atomic mass is 16.4. The van der Waals surface area contributed by atoms with Gasteiger partial charge in [-0.25, -0.2) is 14.3 Å². The van der Waals surface area contributed by atoms with E-state index in [-0.39, 0.29) is 0 Å². The highest BCUT2D eigenvalue weighted by molar-refractivity contribution is 6.05. The minimum atomic E-state index is -0.478. The molecule has 3 aromatic carbocycles. The van der Waals surface area contributed by atoms with E-state index >= 15 is 0 Å². The van der Waals surface area contributed by atoms with E-state index in [9.17, 15) is 4.79 Å². The lowest BCUT2D eigenvalue weighted by atomic mass is 9.99. The lowest BCUT2D eigenvalue weighted by Crippen LogP contribution is -2.03. The molecule has 0 spiro atoms. The summed E-state index contributed by atoms with van der Waals surface area (Å²) in [5, 5.41) is 6.29. The van der Waals surface area contributed by atoms with Crippen molar-refractivity contribution in [2.24, 2.45) is 0 Å². The van der Waals surface area contributed by atoms with Gasteiger partial charge >= 0.3 is 5.63 Å². The van der Waals surface area contributed by atoms with E-state index in [0.29, 0.717) is 27.9 Å². The third kappa shape index (κ3) is 3.12. The number of aromatic nitrogens is 4. The Hall–Kier alpha value is -5.10. The monoisotopic (exact) mass is 466 g/mol. The molecular weight excluding hydrogens is 448 g/mol. The highest BCUT2D eigenvalue weighted by Gasteiger charge is 2.24. The van der Waals surface area contributed by atoms with Crippen molar-refractivity contribution in [3.05, 3.63) is 120 Å². The Morgan fingerprint density at radius 2 is 1.44 bits per heavy atom. The molecule has 0 atom stereocenters. The van der Waals surface area contributed by atoms with Gasteiger partial charge in [0.05, 0.1) is 16.8 Å². The van der Waals surface area contributed by atoms with E-state index in [2.05, 4.69) is 16.0 Å². The minimum Gasteiger partial charge on any atom is -0.421 e. The van der Waals surface area contributed by atoms with Crippen LogP contribution in [0, 0.1) is 0 Å². The lowest BCUT2D eigenvalue weighted by Gasteiger charge is -2.10. The van der Waals surface area contributed by atoms with Crippen LogP contribution in [0.5, 0.6) is 0 Å². The zero-order valence-corrected chi connectivity index (χ0v) is 19.0. The van der Waals surface area contributed by atoms with Crippen molar-refractivity contribution in [3.63, 3.8) is 0 Å². The largest absolute Gasteiger partial charge is 0.421 e. The van der Waals surface area contributed by atoms with Crippen LogP contribution >= 0.6 is 0 Å². The van der Waals surface area contributed by atoms with Gasteiger partial charge in [-0.1, -0.05) is 78.9 Å². The summed E-state index contributed by atoms with van der Waals surface area (Å²) in [5.41, 5.74) is 5.50. The predicted molar refractivity (Wildman–Crippen MR) is 141 cm³/mol. The molecule has 36 heavy (non-hydrogen) atoms. The van der Waals surface area contributed by atoms with Crippen molar-refractivity contribution >= 4 is 27.5 Å². The molecule has 0 unspecified atom stereocenters. The molecule has 0 aliphatic heterocycles. The molecule has 0 amide bonds. The fraction of sp³-hybridized carbons (Fsp3) is 0. The smallest absolute Gasteiger partial charge is 0.349 e. The molecule has 7 aromatic rings. The van der Waals surface area contributed by atoms with Gasteiger partial charge in [0, 0.05) is 34.5 Å². The van der Waals surface area contributed by atoms with Crippen molar-refractivity contribution in [2.75, 3.05) is 0 Å². The van der Waals surface area contributed by atoms with E-state index in [1.807, 2.05) is 91.0 Å². The number of pyridine rings is 1. The van der Waals surface area contributed by atoms with Crippen LogP contribution in [-0.4, -0.2) is 19.6 Å². The second-order valence-corrected chi connectivity index (χ2v) is 8.53. The Morgan fingerprint density at radius 3 is 2.25 bits per heavy atom. The van der Waals surface area contributed by atoms with Gasteiger partial charge in [-0.15, -0.1) is 0 Å². The Kier molecular flexibility index (Phi) is 4.50. The molecule has 6 nitrogen and oxygen atoms in total. The van der Waals surface area contributed by atoms with E-state index in [4.69, 9.17) is 9.52 Å². The van der Waals surface area contributed by atoms with Gasteiger partial charge in [-0.05, 0) is 18.2 Å². The molecule has 6 heteroatoms. The summed E-state index contributed by atoms with van der Waals surface area (Å²) in [4.78, 5) is 22.6. The summed E-state index contributed by atoms with van der Waals surface area (Å²) in [6.07, 6.45) is 3.50. The Labute approximate surface area is 205 Å². The number of fused-ring (bicyclic) bond motifs is 4. The van der Waals surface area contributed by atoms with Crippen LogP contribution in [0.3, 0.4) is 0 Å². The molecule has 170 valence electrons. The summed E-state index contributed by atoms with van der Waals surface area (Å²) in [6, 6.07) is 31.4. The quantitative estimate of drug-likeness (QED) is 0.302. The van der Waals surface area contributed by atoms with Gasteiger partial charge in [0.15, 0.2) is 5.65 Å². The Balaban J connectivity index is 1.63. The van der Waals surface area contributed by atoms with Crippen LogP contribution in [0.1, 0.15) is 0 Å². The fourth-order valence-electron chi connectivity index (χ4n) is 4.71. The van der Waals surface area contributed by atoms with Crippen molar-refractivity contribution in [1.82, 2.24) is 19.6 Å². The maximum Gasteiger partial charge on any atom is 0.349 e. The summed E-state index contributed by atoms with van der Waals surface area (Å²) < 4.78 is 7.74. The first kappa shape index (κ1) is 20.3. The normalized spacial score (nSPS) is 11.4. The molecular formula is C30H18N4O2.